The summed E-state index contributed by atoms with van der Waals surface area (Å²) in [5.41, 5.74) is 6.44. The summed E-state index contributed by atoms with van der Waals surface area (Å²) in [6, 6.07) is 6.10. The topological polar surface area (TPSA) is 66.7 Å². The number of hydrogen-bond donors (Lipinski definition) is 3. The van der Waals surface area contributed by atoms with E-state index in [0.29, 0.717) is 0 Å². The highest BCUT2D eigenvalue weighted by molar-refractivity contribution is 5.37. The van der Waals surface area contributed by atoms with Crippen molar-refractivity contribution in [3.8, 4) is 0 Å². The number of aromatic amines is 1. The monoisotopic (exact) mass is 216 g/mol. The second kappa shape index (κ2) is 4.47. The maximum Gasteiger partial charge on any atom is 0.129 e. The second-order valence-corrected chi connectivity index (χ2v) is 3.86. The molecule has 0 saturated carbocycles. The first-order chi connectivity index (χ1) is 7.74. The molecule has 0 aliphatic rings. The summed E-state index contributed by atoms with van der Waals surface area (Å²) < 4.78 is 0. The predicted molar refractivity (Wildman–Crippen MR) is 63.7 cm³/mol. The molecule has 1 atom stereocenters. The molecule has 1 unspecified atom stereocenters. The first kappa shape index (κ1) is 10.9. The van der Waals surface area contributed by atoms with E-state index in [4.69, 9.17) is 5.84 Å². The summed E-state index contributed by atoms with van der Waals surface area (Å²) in [5, 5.41) is 0. The van der Waals surface area contributed by atoms with Crippen molar-refractivity contribution in [2.24, 2.45) is 5.84 Å². The Hall–Kier alpha value is -1.65. The lowest BCUT2D eigenvalue weighted by Gasteiger charge is -2.17. The molecule has 0 aliphatic carbocycles. The molecular formula is C12H16N4. The zero-order valence-electron chi connectivity index (χ0n) is 9.49. The van der Waals surface area contributed by atoms with Gasteiger partial charge in [0.25, 0.3) is 0 Å². The fourth-order valence-corrected chi connectivity index (χ4v) is 1.84. The number of benzene rings is 1. The SMILES string of the molecule is Cc1cccc(C(NN)c2ncc[nH]2)c1C. The highest BCUT2D eigenvalue weighted by Crippen LogP contribution is 2.23. The van der Waals surface area contributed by atoms with Gasteiger partial charge >= 0.3 is 0 Å². The van der Waals surface area contributed by atoms with Gasteiger partial charge in [-0.2, -0.15) is 0 Å². The fourth-order valence-electron chi connectivity index (χ4n) is 1.84. The van der Waals surface area contributed by atoms with E-state index in [1.54, 1.807) is 12.4 Å². The Kier molecular flexibility index (Phi) is 3.03. The third-order valence-electron chi connectivity index (χ3n) is 2.92. The number of rotatable bonds is 3. The number of aryl methyl sites for hydroxylation is 1. The zero-order chi connectivity index (χ0) is 11.5. The summed E-state index contributed by atoms with van der Waals surface area (Å²) >= 11 is 0. The molecule has 0 aliphatic heterocycles. The molecule has 0 radical (unpaired) electrons. The minimum Gasteiger partial charge on any atom is -0.347 e. The number of hydrazine groups is 1. The standard InChI is InChI=1S/C12H16N4/c1-8-4-3-5-10(9(8)2)11(16-13)12-14-6-7-15-12/h3-7,11,16H,13H2,1-2H3,(H,14,15). The molecule has 1 aromatic heterocycles. The van der Waals surface area contributed by atoms with Gasteiger partial charge in [-0.25, -0.2) is 10.4 Å². The Morgan fingerprint density at radius 1 is 1.38 bits per heavy atom. The van der Waals surface area contributed by atoms with Crippen molar-refractivity contribution in [1.29, 1.82) is 0 Å². The van der Waals surface area contributed by atoms with E-state index in [-0.39, 0.29) is 6.04 Å². The number of nitrogens with zero attached hydrogens (tertiary/aromatic N) is 1. The minimum atomic E-state index is -0.0881. The fraction of sp³-hybridized carbons (Fsp3) is 0.250. The number of nitrogens with one attached hydrogen (secondary N) is 2. The third-order valence-corrected chi connectivity index (χ3v) is 2.92. The molecule has 0 saturated heterocycles. The number of aromatic nitrogens is 2. The van der Waals surface area contributed by atoms with Crippen LogP contribution < -0.4 is 11.3 Å². The van der Waals surface area contributed by atoms with Crippen LogP contribution in [0.4, 0.5) is 0 Å². The largest absolute Gasteiger partial charge is 0.347 e. The van der Waals surface area contributed by atoms with Crippen molar-refractivity contribution in [2.45, 2.75) is 19.9 Å². The van der Waals surface area contributed by atoms with E-state index in [1.807, 2.05) is 6.07 Å². The van der Waals surface area contributed by atoms with Gasteiger partial charge in [-0.05, 0) is 30.5 Å². The normalized spacial score (nSPS) is 12.7. The maximum absolute atomic E-state index is 5.60. The molecule has 0 bridgehead atoms. The number of nitrogens with two attached hydrogens (primary N) is 1. The molecule has 2 rings (SSSR count). The van der Waals surface area contributed by atoms with Crippen LogP contribution in [0.3, 0.4) is 0 Å². The smallest absolute Gasteiger partial charge is 0.129 e. The molecule has 4 nitrogen and oxygen atoms in total. The zero-order valence-corrected chi connectivity index (χ0v) is 9.49. The van der Waals surface area contributed by atoms with Crippen LogP contribution in [-0.2, 0) is 0 Å². The van der Waals surface area contributed by atoms with Crippen molar-refractivity contribution in [1.82, 2.24) is 15.4 Å². The third kappa shape index (κ3) is 1.85. The lowest BCUT2D eigenvalue weighted by Crippen LogP contribution is -2.30. The average Bonchev–Trinajstić information content (AvgIpc) is 2.79. The predicted octanol–water partition coefficient (Wildman–Crippen LogP) is 1.58. The molecular weight excluding hydrogens is 200 g/mol. The molecule has 0 spiro atoms. The van der Waals surface area contributed by atoms with Crippen LogP contribution in [0.2, 0.25) is 0 Å². The summed E-state index contributed by atoms with van der Waals surface area (Å²) in [7, 11) is 0. The first-order valence-electron chi connectivity index (χ1n) is 5.25. The van der Waals surface area contributed by atoms with Crippen molar-refractivity contribution in [3.05, 3.63) is 53.1 Å². The molecule has 4 N–H and O–H groups in total. The quantitative estimate of drug-likeness (QED) is 0.539. The Bertz CT molecular complexity index is 462. The summed E-state index contributed by atoms with van der Waals surface area (Å²) in [5.74, 6) is 6.43. The van der Waals surface area contributed by atoms with Gasteiger partial charge in [0.2, 0.25) is 0 Å². The summed E-state index contributed by atoms with van der Waals surface area (Å²) in [6.45, 7) is 4.19. The Morgan fingerprint density at radius 3 is 2.81 bits per heavy atom. The van der Waals surface area contributed by atoms with Crippen molar-refractivity contribution in [2.75, 3.05) is 0 Å². The van der Waals surface area contributed by atoms with Crippen LogP contribution in [0.1, 0.15) is 28.6 Å². The molecule has 1 aromatic carbocycles. The Balaban J connectivity index is 2.45. The van der Waals surface area contributed by atoms with Crippen LogP contribution in [-0.4, -0.2) is 9.97 Å². The summed E-state index contributed by atoms with van der Waals surface area (Å²) in [4.78, 5) is 7.32. The van der Waals surface area contributed by atoms with E-state index in [1.165, 1.54) is 11.1 Å². The van der Waals surface area contributed by atoms with Gasteiger partial charge in [0, 0.05) is 12.4 Å². The molecule has 2 aromatic rings. The van der Waals surface area contributed by atoms with Gasteiger partial charge in [0.05, 0.1) is 0 Å². The average molecular weight is 216 g/mol. The van der Waals surface area contributed by atoms with E-state index in [2.05, 4.69) is 41.4 Å². The number of hydrogen-bond acceptors (Lipinski definition) is 3. The molecule has 84 valence electrons. The molecule has 4 heteroatoms. The highest BCUT2D eigenvalue weighted by atomic mass is 15.2. The Morgan fingerprint density at radius 2 is 2.19 bits per heavy atom. The van der Waals surface area contributed by atoms with Crippen LogP contribution >= 0.6 is 0 Å². The van der Waals surface area contributed by atoms with Gasteiger partial charge in [-0.15, -0.1) is 0 Å². The van der Waals surface area contributed by atoms with Crippen LogP contribution in [0, 0.1) is 13.8 Å². The highest BCUT2D eigenvalue weighted by Gasteiger charge is 2.16. The van der Waals surface area contributed by atoms with Gasteiger partial charge in [-0.3, -0.25) is 5.84 Å². The number of H-pyrrole nitrogens is 1. The minimum absolute atomic E-state index is 0.0881. The first-order valence-corrected chi connectivity index (χ1v) is 5.25. The van der Waals surface area contributed by atoms with Gasteiger partial charge in [0.1, 0.15) is 11.9 Å². The van der Waals surface area contributed by atoms with E-state index >= 15 is 0 Å². The van der Waals surface area contributed by atoms with Gasteiger partial charge in [0.15, 0.2) is 0 Å². The molecule has 1 heterocycles. The lowest BCUT2D eigenvalue weighted by molar-refractivity contribution is 0.604. The van der Waals surface area contributed by atoms with Crippen LogP contribution in [0.15, 0.2) is 30.6 Å². The van der Waals surface area contributed by atoms with Gasteiger partial charge < -0.3 is 4.98 Å². The molecule has 0 fully saturated rings. The Labute approximate surface area is 94.9 Å². The maximum atomic E-state index is 5.60. The van der Waals surface area contributed by atoms with Gasteiger partial charge in [-0.1, -0.05) is 18.2 Å². The van der Waals surface area contributed by atoms with E-state index in [9.17, 15) is 0 Å². The van der Waals surface area contributed by atoms with Crippen molar-refractivity contribution >= 4 is 0 Å². The van der Waals surface area contributed by atoms with Crippen LogP contribution in [0.5, 0.6) is 0 Å². The summed E-state index contributed by atoms with van der Waals surface area (Å²) in [6.07, 6.45) is 3.52. The van der Waals surface area contributed by atoms with Crippen molar-refractivity contribution in [3.63, 3.8) is 0 Å². The number of imidazole rings is 1. The second-order valence-electron chi connectivity index (χ2n) is 3.86. The van der Waals surface area contributed by atoms with E-state index in [0.717, 1.165) is 11.4 Å². The molecule has 0 amide bonds. The van der Waals surface area contributed by atoms with Crippen molar-refractivity contribution < 1.29 is 0 Å². The lowest BCUT2D eigenvalue weighted by atomic mass is 9.97. The van der Waals surface area contributed by atoms with E-state index < -0.39 is 0 Å². The van der Waals surface area contributed by atoms with Crippen LogP contribution in [0.25, 0.3) is 0 Å². The molecule has 16 heavy (non-hydrogen) atoms.